The fourth-order valence-corrected chi connectivity index (χ4v) is 7.98. The summed E-state index contributed by atoms with van der Waals surface area (Å²) < 4.78 is 83.1. The molecule has 0 saturated carbocycles. The molecule has 11 rings (SSSR count). The fourth-order valence-electron chi connectivity index (χ4n) is 7.98. The molecule has 0 unspecified atom stereocenters. The minimum absolute atomic E-state index is 0.0902. The number of hydrogen-bond donors (Lipinski definition) is 0. The van der Waals surface area contributed by atoms with E-state index in [-0.39, 0.29) is 46.7 Å². The van der Waals surface area contributed by atoms with E-state index in [0.29, 0.717) is 33.5 Å². The van der Waals surface area contributed by atoms with Crippen LogP contribution in [0.2, 0.25) is 0 Å². The van der Waals surface area contributed by atoms with Gasteiger partial charge < -0.3 is 9.32 Å². The lowest BCUT2D eigenvalue weighted by Crippen LogP contribution is -2.11. The quantitative estimate of drug-likeness (QED) is 0.161. The lowest BCUT2D eigenvalue weighted by atomic mass is 9.95. The van der Waals surface area contributed by atoms with Crippen molar-refractivity contribution < 1.29 is 15.4 Å². The van der Waals surface area contributed by atoms with E-state index in [2.05, 4.69) is 0 Å². The maximum absolute atomic E-state index is 9.77. The van der Waals surface area contributed by atoms with Crippen LogP contribution in [0.4, 0.5) is 17.1 Å². The zero-order valence-electron chi connectivity index (χ0n) is 39.1. The second kappa shape index (κ2) is 14.1. The fraction of sp³-hybridized carbons (Fsp3) is 0. The lowest BCUT2D eigenvalue weighted by molar-refractivity contribution is 0.672. The molecule has 0 atom stereocenters. The van der Waals surface area contributed by atoms with Crippen LogP contribution in [0.1, 0.15) is 11.0 Å². The van der Waals surface area contributed by atoms with Crippen molar-refractivity contribution in [2.75, 3.05) is 4.90 Å². The molecule has 2 heteroatoms. The van der Waals surface area contributed by atoms with Gasteiger partial charge in [0.15, 0.2) is 0 Å². The Balaban J connectivity index is 1.16. The zero-order chi connectivity index (χ0) is 45.4. The monoisotopic (exact) mass is 747 g/mol. The van der Waals surface area contributed by atoms with Crippen LogP contribution in [-0.4, -0.2) is 0 Å². The highest BCUT2D eigenvalue weighted by molar-refractivity contribution is 6.15. The van der Waals surface area contributed by atoms with Gasteiger partial charge >= 0.3 is 0 Å². The summed E-state index contributed by atoms with van der Waals surface area (Å²) in [4.78, 5) is 1.38. The molecule has 0 aliphatic carbocycles. The predicted molar refractivity (Wildman–Crippen MR) is 245 cm³/mol. The summed E-state index contributed by atoms with van der Waals surface area (Å²) >= 11 is 0. The van der Waals surface area contributed by atoms with Gasteiger partial charge in [-0.3, -0.25) is 0 Å². The molecule has 0 fully saturated rings. The molecule has 272 valence electrons. The SMILES string of the molecule is [2H]c1c([2H])c(N(c2ccccc2-c2ccc3ccc4c5ccccc5oc4c3c2)c2c([2H])c([2H])c(-c3cccc(-c4cccc5ccccc45)c3)c([2H])c2[2H])c([2H])c([2H])c1-c1ccccc1. The molecule has 0 N–H and O–H groups in total. The van der Waals surface area contributed by atoms with Crippen molar-refractivity contribution in [3.05, 3.63) is 224 Å². The highest BCUT2D eigenvalue weighted by Gasteiger charge is 2.19. The molecular weight excluding hydrogens is 703 g/mol. The van der Waals surface area contributed by atoms with Crippen LogP contribution in [0.15, 0.2) is 229 Å². The third-order valence-electron chi connectivity index (χ3n) is 10.8. The largest absolute Gasteiger partial charge is 0.455 e. The van der Waals surface area contributed by atoms with Crippen molar-refractivity contribution in [1.82, 2.24) is 0 Å². The number of nitrogens with zero attached hydrogens (tertiary/aromatic N) is 1. The first-order chi connectivity index (χ1) is 32.1. The Kier molecular flexibility index (Phi) is 6.38. The van der Waals surface area contributed by atoms with Crippen molar-refractivity contribution in [3.8, 4) is 44.5 Å². The molecule has 0 saturated heterocycles. The lowest BCUT2D eigenvalue weighted by Gasteiger charge is -2.28. The third kappa shape index (κ3) is 5.91. The Labute approximate surface area is 348 Å². The summed E-state index contributed by atoms with van der Waals surface area (Å²) in [5.74, 6) is 0. The molecule has 58 heavy (non-hydrogen) atoms. The van der Waals surface area contributed by atoms with Crippen molar-refractivity contribution in [3.63, 3.8) is 0 Å². The van der Waals surface area contributed by atoms with Crippen LogP contribution in [0, 0.1) is 0 Å². The van der Waals surface area contributed by atoms with Gasteiger partial charge in [0.05, 0.1) is 16.7 Å². The Morgan fingerprint density at radius 3 is 1.74 bits per heavy atom. The number of rotatable bonds is 7. The van der Waals surface area contributed by atoms with E-state index in [0.717, 1.165) is 49.0 Å². The molecule has 0 bridgehead atoms. The second-order valence-electron chi connectivity index (χ2n) is 14.2. The molecular formula is C56H37NO. The molecule has 0 spiro atoms. The number of furan rings is 1. The molecule has 11 aromatic rings. The number of para-hydroxylation sites is 2. The summed E-state index contributed by atoms with van der Waals surface area (Å²) in [6, 6.07) is 52.6. The number of hydrogen-bond acceptors (Lipinski definition) is 2. The standard InChI is InChI=1S/C56H37NO/c1-2-12-38(13-3-1)39-26-31-46(32-27-39)57(47-33-28-40(29-34-47)43-16-10-17-44(36-43)49-21-11-15-41-14-4-5-18-48(41)49)54-22-8-6-19-50(54)45-25-24-42-30-35-52-51-20-7-9-23-55(51)58-56(52)53(42)37-45/h1-37H/i26D,27D,28D,29D,31D,32D,33D,34D. The van der Waals surface area contributed by atoms with Gasteiger partial charge in [0.1, 0.15) is 11.2 Å². The number of fused-ring (bicyclic) bond motifs is 6. The minimum Gasteiger partial charge on any atom is -0.455 e. The number of anilines is 3. The van der Waals surface area contributed by atoms with E-state index in [1.807, 2.05) is 133 Å². The van der Waals surface area contributed by atoms with E-state index in [1.54, 1.807) is 42.5 Å². The van der Waals surface area contributed by atoms with Gasteiger partial charge in [0, 0.05) is 33.1 Å². The van der Waals surface area contributed by atoms with Crippen LogP contribution < -0.4 is 4.90 Å². The van der Waals surface area contributed by atoms with Gasteiger partial charge in [-0.15, -0.1) is 0 Å². The summed E-state index contributed by atoms with van der Waals surface area (Å²) in [7, 11) is 0. The Morgan fingerprint density at radius 1 is 0.345 bits per heavy atom. The Bertz CT molecular complexity index is 3710. The van der Waals surface area contributed by atoms with Crippen LogP contribution in [0.25, 0.3) is 88.0 Å². The van der Waals surface area contributed by atoms with Crippen molar-refractivity contribution in [2.24, 2.45) is 0 Å². The topological polar surface area (TPSA) is 16.4 Å². The van der Waals surface area contributed by atoms with Crippen LogP contribution in [0.3, 0.4) is 0 Å². The summed E-state index contributed by atoms with van der Waals surface area (Å²) in [6.07, 6.45) is 0. The Morgan fingerprint density at radius 2 is 0.914 bits per heavy atom. The van der Waals surface area contributed by atoms with Gasteiger partial charge in [-0.05, 0) is 110 Å². The maximum atomic E-state index is 9.77. The first kappa shape index (κ1) is 26.2. The first-order valence-corrected chi connectivity index (χ1v) is 19.2. The second-order valence-corrected chi connectivity index (χ2v) is 14.2. The third-order valence-corrected chi connectivity index (χ3v) is 10.8. The molecule has 1 aromatic heterocycles. The molecule has 0 aliphatic rings. The summed E-state index contributed by atoms with van der Waals surface area (Å²) in [5.41, 5.74) is 5.63. The van der Waals surface area contributed by atoms with Gasteiger partial charge in [0.2, 0.25) is 0 Å². The van der Waals surface area contributed by atoms with Crippen LogP contribution in [-0.2, 0) is 0 Å². The van der Waals surface area contributed by atoms with E-state index in [9.17, 15) is 11.0 Å². The summed E-state index contributed by atoms with van der Waals surface area (Å²) in [6.45, 7) is 0. The molecule has 1 heterocycles. The van der Waals surface area contributed by atoms with Gasteiger partial charge in [-0.2, -0.15) is 0 Å². The molecule has 0 radical (unpaired) electrons. The summed E-state index contributed by atoms with van der Waals surface area (Å²) in [5, 5.41) is 5.83. The van der Waals surface area contributed by atoms with Crippen LogP contribution in [0.5, 0.6) is 0 Å². The van der Waals surface area contributed by atoms with E-state index < -0.39 is 24.2 Å². The van der Waals surface area contributed by atoms with E-state index in [1.165, 1.54) is 4.90 Å². The van der Waals surface area contributed by atoms with Gasteiger partial charge in [-0.1, -0.05) is 170 Å². The van der Waals surface area contributed by atoms with Crippen molar-refractivity contribution in [1.29, 1.82) is 0 Å². The zero-order valence-corrected chi connectivity index (χ0v) is 31.1. The number of benzene rings is 10. The highest BCUT2D eigenvalue weighted by Crippen LogP contribution is 2.44. The smallest absolute Gasteiger partial charge is 0.143 e. The average Bonchev–Trinajstić information content (AvgIpc) is 3.74. The Hall–Kier alpha value is -7.68. The average molecular weight is 748 g/mol. The van der Waals surface area contributed by atoms with E-state index in [4.69, 9.17) is 4.42 Å². The van der Waals surface area contributed by atoms with Gasteiger partial charge in [0.25, 0.3) is 0 Å². The molecule has 0 amide bonds. The van der Waals surface area contributed by atoms with Crippen molar-refractivity contribution in [2.45, 2.75) is 0 Å². The predicted octanol–water partition coefficient (Wildman–Crippen LogP) is 16.0. The minimum atomic E-state index is -0.414. The van der Waals surface area contributed by atoms with E-state index >= 15 is 0 Å². The van der Waals surface area contributed by atoms with Gasteiger partial charge in [-0.25, -0.2) is 0 Å². The maximum Gasteiger partial charge on any atom is 0.143 e. The van der Waals surface area contributed by atoms with Crippen LogP contribution >= 0.6 is 0 Å². The molecule has 2 nitrogen and oxygen atoms in total. The molecule has 10 aromatic carbocycles. The normalized spacial score (nSPS) is 13.4. The first-order valence-electron chi connectivity index (χ1n) is 23.2. The molecule has 0 aliphatic heterocycles. The van der Waals surface area contributed by atoms with Crippen molar-refractivity contribution >= 4 is 60.5 Å². The highest BCUT2D eigenvalue weighted by atomic mass is 16.3.